The summed E-state index contributed by atoms with van der Waals surface area (Å²) in [5, 5.41) is 12.0. The lowest BCUT2D eigenvalue weighted by atomic mass is 10.3. The van der Waals surface area contributed by atoms with Crippen LogP contribution in [0.25, 0.3) is 0 Å². The van der Waals surface area contributed by atoms with Crippen molar-refractivity contribution in [1.82, 2.24) is 10.2 Å². The molecule has 19 heavy (non-hydrogen) atoms. The smallest absolute Gasteiger partial charge is 0.238 e. The predicted octanol–water partition coefficient (Wildman–Crippen LogP) is 0.401. The summed E-state index contributed by atoms with van der Waals surface area (Å²) in [5.74, 6) is 0.549. The van der Waals surface area contributed by atoms with Gasteiger partial charge in [0, 0.05) is 18.0 Å². The summed E-state index contributed by atoms with van der Waals surface area (Å²) in [6, 6.07) is 9.22. The molecule has 2 rings (SSSR count). The van der Waals surface area contributed by atoms with E-state index >= 15 is 0 Å². The van der Waals surface area contributed by atoms with E-state index < -0.39 is 10.0 Å². The first-order valence-corrected chi connectivity index (χ1v) is 6.68. The van der Waals surface area contributed by atoms with Gasteiger partial charge in [-0.05, 0) is 30.3 Å². The summed E-state index contributed by atoms with van der Waals surface area (Å²) in [6.07, 6.45) is 1.60. The summed E-state index contributed by atoms with van der Waals surface area (Å²) in [5.41, 5.74) is 5.85. The van der Waals surface area contributed by atoms with E-state index in [1.165, 1.54) is 24.3 Å². The lowest BCUT2D eigenvalue weighted by Gasteiger charge is -1.96. The Hall–Kier alpha value is -2.19. The van der Waals surface area contributed by atoms with Gasteiger partial charge in [0.15, 0.2) is 0 Å². The van der Waals surface area contributed by atoms with Crippen molar-refractivity contribution in [3.05, 3.63) is 42.6 Å². The zero-order valence-electron chi connectivity index (χ0n) is 10.2. The molecule has 1 aromatic carbocycles. The van der Waals surface area contributed by atoms with Crippen molar-refractivity contribution in [2.75, 3.05) is 12.8 Å². The molecule has 0 saturated carbocycles. The highest BCUT2D eigenvalue weighted by molar-refractivity contribution is 7.89. The van der Waals surface area contributed by atoms with Crippen molar-refractivity contribution >= 4 is 15.7 Å². The Morgan fingerprint density at radius 1 is 1.16 bits per heavy atom. The summed E-state index contributed by atoms with van der Waals surface area (Å²) in [4.78, 5) is 0.0756. The predicted molar refractivity (Wildman–Crippen MR) is 70.8 cm³/mol. The third kappa shape index (κ3) is 5.32. The highest BCUT2D eigenvalue weighted by Gasteiger charge is 2.04. The second kappa shape index (κ2) is 6.66. The van der Waals surface area contributed by atoms with Crippen molar-refractivity contribution in [2.24, 2.45) is 5.14 Å². The van der Waals surface area contributed by atoms with E-state index in [1.54, 1.807) is 25.4 Å². The number of nitrogens with zero attached hydrogens (tertiary/aromatic N) is 2. The largest absolute Gasteiger partial charge is 0.480 e. The third-order valence-electron chi connectivity index (χ3n) is 1.97. The second-order valence-corrected chi connectivity index (χ2v) is 4.94. The fourth-order valence-corrected chi connectivity index (χ4v) is 1.57. The topological polar surface area (TPSA) is 121 Å². The van der Waals surface area contributed by atoms with Crippen LogP contribution in [0.5, 0.6) is 5.88 Å². The first-order chi connectivity index (χ1) is 8.93. The molecule has 0 atom stereocenters. The van der Waals surface area contributed by atoms with E-state index in [2.05, 4.69) is 10.2 Å². The first-order valence-electron chi connectivity index (χ1n) is 5.13. The van der Waals surface area contributed by atoms with Crippen LogP contribution < -0.4 is 15.6 Å². The molecule has 0 aliphatic heterocycles. The van der Waals surface area contributed by atoms with Gasteiger partial charge >= 0.3 is 0 Å². The maximum absolute atomic E-state index is 10.7. The number of aromatic nitrogens is 2. The van der Waals surface area contributed by atoms with Crippen molar-refractivity contribution < 1.29 is 13.2 Å². The quantitative estimate of drug-likeness (QED) is 0.769. The molecular weight excluding hydrogens is 268 g/mol. The van der Waals surface area contributed by atoms with Gasteiger partial charge in [-0.3, -0.25) is 0 Å². The van der Waals surface area contributed by atoms with Gasteiger partial charge in [0.1, 0.15) is 0 Å². The molecule has 0 amide bonds. The number of anilines is 1. The minimum absolute atomic E-state index is 0.0756. The Morgan fingerprint density at radius 3 is 2.16 bits per heavy atom. The lowest BCUT2D eigenvalue weighted by Crippen LogP contribution is -2.11. The molecule has 2 aromatic rings. The third-order valence-corrected chi connectivity index (χ3v) is 2.89. The van der Waals surface area contributed by atoms with E-state index in [4.69, 9.17) is 15.6 Å². The molecule has 8 heteroatoms. The highest BCUT2D eigenvalue weighted by Crippen LogP contribution is 2.08. The number of ether oxygens (including phenoxy) is 1. The van der Waals surface area contributed by atoms with Gasteiger partial charge in [0.25, 0.3) is 0 Å². The van der Waals surface area contributed by atoms with Crippen LogP contribution in [-0.2, 0) is 10.0 Å². The van der Waals surface area contributed by atoms with Crippen LogP contribution in [0.3, 0.4) is 0 Å². The number of hydrogen-bond acceptors (Lipinski definition) is 6. The molecule has 0 bridgehead atoms. The molecule has 4 N–H and O–H groups in total. The van der Waals surface area contributed by atoms with Crippen LogP contribution in [0.4, 0.5) is 5.69 Å². The van der Waals surface area contributed by atoms with E-state index in [0.717, 1.165) is 0 Å². The van der Waals surface area contributed by atoms with Crippen LogP contribution in [0.2, 0.25) is 0 Å². The van der Waals surface area contributed by atoms with Gasteiger partial charge in [-0.15, -0.1) is 5.10 Å². The SMILES string of the molecule is COc1cccnn1.Nc1ccc(S(N)(=O)=O)cc1. The zero-order valence-corrected chi connectivity index (χ0v) is 11.0. The minimum atomic E-state index is -3.58. The number of sulfonamides is 1. The minimum Gasteiger partial charge on any atom is -0.480 e. The molecule has 0 aliphatic carbocycles. The summed E-state index contributed by atoms with van der Waals surface area (Å²) >= 11 is 0. The lowest BCUT2D eigenvalue weighted by molar-refractivity contribution is 0.392. The molecule has 1 aromatic heterocycles. The maximum Gasteiger partial charge on any atom is 0.238 e. The number of hydrogen-bond donors (Lipinski definition) is 2. The Labute approximate surface area is 111 Å². The molecule has 0 fully saturated rings. The van der Waals surface area contributed by atoms with Crippen LogP contribution in [-0.4, -0.2) is 25.7 Å². The zero-order chi connectivity index (χ0) is 14.3. The van der Waals surface area contributed by atoms with Gasteiger partial charge in [-0.2, -0.15) is 5.10 Å². The van der Waals surface area contributed by atoms with Gasteiger partial charge < -0.3 is 10.5 Å². The number of rotatable bonds is 2. The van der Waals surface area contributed by atoms with Crippen molar-refractivity contribution in [3.8, 4) is 5.88 Å². The molecular formula is C11H14N4O3S. The second-order valence-electron chi connectivity index (χ2n) is 3.38. The molecule has 7 nitrogen and oxygen atoms in total. The average Bonchev–Trinajstić information content (AvgIpc) is 2.40. The normalized spacial score (nSPS) is 10.2. The molecule has 102 valence electrons. The van der Waals surface area contributed by atoms with E-state index in [9.17, 15) is 8.42 Å². The van der Waals surface area contributed by atoms with Crippen LogP contribution in [0.1, 0.15) is 0 Å². The molecule has 1 heterocycles. The molecule has 0 spiro atoms. The summed E-state index contributed by atoms with van der Waals surface area (Å²) in [7, 11) is -2.02. The number of nitrogens with two attached hydrogens (primary N) is 2. The van der Waals surface area contributed by atoms with Gasteiger partial charge in [-0.1, -0.05) is 0 Å². The number of nitrogen functional groups attached to an aromatic ring is 1. The Morgan fingerprint density at radius 2 is 1.79 bits per heavy atom. The molecule has 0 radical (unpaired) electrons. The van der Waals surface area contributed by atoms with Gasteiger partial charge in [0.2, 0.25) is 15.9 Å². The van der Waals surface area contributed by atoms with Crippen LogP contribution >= 0.6 is 0 Å². The van der Waals surface area contributed by atoms with Crippen molar-refractivity contribution in [1.29, 1.82) is 0 Å². The number of methoxy groups -OCH3 is 1. The fraction of sp³-hybridized carbons (Fsp3) is 0.0909. The molecule has 0 unspecified atom stereocenters. The summed E-state index contributed by atoms with van der Waals surface area (Å²) in [6.45, 7) is 0. The monoisotopic (exact) mass is 282 g/mol. The Kier molecular flexibility index (Phi) is 5.22. The van der Waals surface area contributed by atoms with E-state index in [0.29, 0.717) is 11.6 Å². The Balaban J connectivity index is 0.000000200. The van der Waals surface area contributed by atoms with E-state index in [1.807, 2.05) is 0 Å². The molecule has 0 saturated heterocycles. The number of benzene rings is 1. The van der Waals surface area contributed by atoms with Gasteiger partial charge in [-0.25, -0.2) is 13.6 Å². The van der Waals surface area contributed by atoms with Gasteiger partial charge in [0.05, 0.1) is 12.0 Å². The molecule has 0 aliphatic rings. The van der Waals surface area contributed by atoms with E-state index in [-0.39, 0.29) is 4.90 Å². The summed E-state index contributed by atoms with van der Waals surface area (Å²) < 4.78 is 26.1. The van der Waals surface area contributed by atoms with Crippen molar-refractivity contribution in [3.63, 3.8) is 0 Å². The van der Waals surface area contributed by atoms with Crippen LogP contribution in [0, 0.1) is 0 Å². The standard InChI is InChI=1S/C6H8N2O2S.C5H6N2O/c7-5-1-3-6(4-2-5)11(8,9)10;1-8-5-3-2-4-6-7-5/h1-4H,7H2,(H2,8,9,10);2-4H,1H3. The maximum atomic E-state index is 10.7. The average molecular weight is 282 g/mol. The Bertz CT molecular complexity index is 600. The first kappa shape index (κ1) is 14.9. The fourth-order valence-electron chi connectivity index (χ4n) is 1.05. The van der Waals surface area contributed by atoms with Crippen molar-refractivity contribution in [2.45, 2.75) is 4.90 Å². The van der Waals surface area contributed by atoms with Crippen LogP contribution in [0.15, 0.2) is 47.5 Å². The number of primary sulfonamides is 1. The highest BCUT2D eigenvalue weighted by atomic mass is 32.2.